The topological polar surface area (TPSA) is 95.9 Å². The monoisotopic (exact) mass is 319 g/mol. The quantitative estimate of drug-likeness (QED) is 0.771. The number of nitrogens with one attached hydrogen (secondary N) is 1. The minimum Gasteiger partial charge on any atom is -0.295 e. The zero-order valence-electron chi connectivity index (χ0n) is 13.6. The van der Waals surface area contributed by atoms with Crippen molar-refractivity contribution in [3.8, 4) is 0 Å². The van der Waals surface area contributed by atoms with E-state index in [9.17, 15) is 19.2 Å². The largest absolute Gasteiger partial charge is 0.295 e. The molecule has 124 valence electrons. The third-order valence-corrected chi connectivity index (χ3v) is 3.26. The van der Waals surface area contributed by atoms with Crippen molar-refractivity contribution in [2.45, 2.75) is 46.1 Å². The minimum absolute atomic E-state index is 0.0670. The fraction of sp³-hybridized carbons (Fsp3) is 0.438. The second-order valence-electron chi connectivity index (χ2n) is 4.78. The van der Waals surface area contributed by atoms with Crippen LogP contribution in [0, 0.1) is 0 Å². The van der Waals surface area contributed by atoms with E-state index in [2.05, 4.69) is 16.9 Å². The normalized spacial score (nSPS) is 24.0. The van der Waals surface area contributed by atoms with Crippen molar-refractivity contribution in [1.82, 2.24) is 10.2 Å². The van der Waals surface area contributed by atoms with Crippen LogP contribution in [-0.2, 0) is 19.2 Å². The Kier molecular flexibility index (Phi) is 6.56. The van der Waals surface area contributed by atoms with E-state index in [1.165, 1.54) is 6.20 Å². The maximum absolute atomic E-state index is 12.4. The van der Waals surface area contributed by atoms with Crippen LogP contribution in [0.5, 0.6) is 0 Å². The summed E-state index contributed by atoms with van der Waals surface area (Å²) in [6.07, 6.45) is 3.22. The van der Waals surface area contributed by atoms with Gasteiger partial charge in [-0.15, -0.1) is 0 Å². The molecule has 1 unspecified atom stereocenters. The maximum Gasteiger partial charge on any atom is 0.280 e. The summed E-state index contributed by atoms with van der Waals surface area (Å²) in [5.41, 5.74) is 0.393. The molecule has 1 atom stereocenters. The van der Waals surface area contributed by atoms with E-state index < -0.39 is 29.7 Å². The third kappa shape index (κ3) is 4.00. The molecule has 0 aromatic heterocycles. The van der Waals surface area contributed by atoms with Crippen LogP contribution in [0.15, 0.2) is 29.4 Å². The van der Waals surface area contributed by atoms with Gasteiger partial charge in [-0.25, -0.2) is 0 Å². The molecule has 0 aliphatic carbocycles. The number of hydrogen-bond acceptors (Lipinski definition) is 5. The zero-order valence-corrected chi connectivity index (χ0v) is 13.6. The lowest BCUT2D eigenvalue weighted by atomic mass is 9.96. The predicted molar refractivity (Wildman–Crippen MR) is 85.4 cm³/mol. The highest BCUT2D eigenvalue weighted by Gasteiger charge is 2.43. The first-order valence-electron chi connectivity index (χ1n) is 7.53. The Bertz CT molecular complexity index is 604. The Balaban J connectivity index is 0.00000127. The Hall–Kier alpha value is -2.57. The van der Waals surface area contributed by atoms with Crippen LogP contribution in [0.25, 0.3) is 0 Å². The molecule has 2 saturated heterocycles. The summed E-state index contributed by atoms with van der Waals surface area (Å²) in [5.74, 6) is -2.19. The van der Waals surface area contributed by atoms with Gasteiger partial charge in [-0.05, 0) is 18.9 Å². The van der Waals surface area contributed by atoms with E-state index in [0.29, 0.717) is 5.57 Å². The van der Waals surface area contributed by atoms with Crippen molar-refractivity contribution in [2.75, 3.05) is 0 Å². The highest BCUT2D eigenvalue weighted by atomic mass is 16.2. The molecule has 2 aliphatic rings. The molecule has 7 nitrogen and oxygen atoms in total. The summed E-state index contributed by atoms with van der Waals surface area (Å²) >= 11 is 0. The summed E-state index contributed by atoms with van der Waals surface area (Å²) in [7, 11) is 0. The Morgan fingerprint density at radius 1 is 1.26 bits per heavy atom. The van der Waals surface area contributed by atoms with Crippen LogP contribution in [0.3, 0.4) is 0 Å². The fourth-order valence-corrected chi connectivity index (χ4v) is 2.27. The van der Waals surface area contributed by atoms with Gasteiger partial charge in [0.05, 0.1) is 6.42 Å². The third-order valence-electron chi connectivity index (χ3n) is 3.26. The highest BCUT2D eigenvalue weighted by molar-refractivity contribution is 6.49. The van der Waals surface area contributed by atoms with E-state index in [-0.39, 0.29) is 25.0 Å². The van der Waals surface area contributed by atoms with Crippen LogP contribution in [0.1, 0.15) is 40.0 Å². The molecule has 2 aliphatic heterocycles. The summed E-state index contributed by atoms with van der Waals surface area (Å²) < 4.78 is 0. The molecule has 7 heteroatoms. The number of carbonyl (C=O) groups is 4. The molecule has 0 aromatic rings. The molecule has 0 radical (unpaired) electrons. The van der Waals surface area contributed by atoms with Gasteiger partial charge in [0.2, 0.25) is 17.7 Å². The molecule has 23 heavy (non-hydrogen) atoms. The maximum atomic E-state index is 12.4. The van der Waals surface area contributed by atoms with Gasteiger partial charge in [0.25, 0.3) is 5.91 Å². The molecule has 2 fully saturated rings. The number of nitrogens with zero attached hydrogens (tertiary/aromatic N) is 2. The number of imide groups is 2. The van der Waals surface area contributed by atoms with Gasteiger partial charge in [0.15, 0.2) is 0 Å². The molecule has 0 saturated carbocycles. The van der Waals surface area contributed by atoms with Crippen molar-refractivity contribution in [3.63, 3.8) is 0 Å². The average molecular weight is 319 g/mol. The van der Waals surface area contributed by atoms with E-state index >= 15 is 0 Å². The molecule has 0 aromatic carbocycles. The first-order valence-corrected chi connectivity index (χ1v) is 7.53. The van der Waals surface area contributed by atoms with Gasteiger partial charge in [-0.3, -0.25) is 34.4 Å². The lowest BCUT2D eigenvalue weighted by Gasteiger charge is -2.34. The molecule has 0 spiro atoms. The number of rotatable bonds is 2. The van der Waals surface area contributed by atoms with Crippen LogP contribution < -0.4 is 5.32 Å². The standard InChI is InChI=1S/C14H15N3O4.C2H6/c1-3-6-15-12-8(2)7-11(19)17(14(12)21)9-4-5-10(18)16-13(9)20;1-2/h3,6,9H,2,4-5,7H2,1H3,(H,16,18,20);1-2H3/b6-3-,15-12?;. The van der Waals surface area contributed by atoms with Gasteiger partial charge >= 0.3 is 0 Å². The van der Waals surface area contributed by atoms with Crippen molar-refractivity contribution >= 4 is 29.3 Å². The van der Waals surface area contributed by atoms with Crippen LogP contribution in [-0.4, -0.2) is 40.3 Å². The summed E-state index contributed by atoms with van der Waals surface area (Å²) in [6, 6.07) is -0.966. The highest BCUT2D eigenvalue weighted by Crippen LogP contribution is 2.22. The van der Waals surface area contributed by atoms with E-state index in [0.717, 1.165) is 4.90 Å². The van der Waals surface area contributed by atoms with Crippen molar-refractivity contribution in [2.24, 2.45) is 4.99 Å². The van der Waals surface area contributed by atoms with E-state index in [1.54, 1.807) is 13.0 Å². The number of amides is 4. The lowest BCUT2D eigenvalue weighted by Crippen LogP contribution is -2.59. The summed E-state index contributed by atoms with van der Waals surface area (Å²) in [6.45, 7) is 9.41. The molecule has 2 heterocycles. The van der Waals surface area contributed by atoms with Gasteiger partial charge in [-0.1, -0.05) is 26.5 Å². The van der Waals surface area contributed by atoms with Crippen molar-refractivity contribution < 1.29 is 19.2 Å². The number of aliphatic imine (C=N–C) groups is 1. The smallest absolute Gasteiger partial charge is 0.280 e. The Morgan fingerprint density at radius 2 is 1.91 bits per heavy atom. The number of allylic oxidation sites excluding steroid dienone is 1. The molecule has 4 amide bonds. The van der Waals surface area contributed by atoms with Crippen LogP contribution in [0.4, 0.5) is 0 Å². The molecule has 2 rings (SSSR count). The van der Waals surface area contributed by atoms with Gasteiger partial charge in [-0.2, -0.15) is 0 Å². The van der Waals surface area contributed by atoms with Gasteiger partial charge < -0.3 is 0 Å². The number of carbonyl (C=O) groups excluding carboxylic acids is 4. The first-order chi connectivity index (χ1) is 11.0. The fourth-order valence-electron chi connectivity index (χ4n) is 2.27. The Morgan fingerprint density at radius 3 is 2.48 bits per heavy atom. The van der Waals surface area contributed by atoms with Crippen LogP contribution >= 0.6 is 0 Å². The van der Waals surface area contributed by atoms with Crippen molar-refractivity contribution in [1.29, 1.82) is 0 Å². The zero-order chi connectivity index (χ0) is 17.6. The number of hydrogen-bond donors (Lipinski definition) is 1. The molecule has 0 bridgehead atoms. The summed E-state index contributed by atoms with van der Waals surface area (Å²) in [4.78, 5) is 52.3. The second-order valence-corrected chi connectivity index (χ2v) is 4.78. The second kappa shape index (κ2) is 8.17. The minimum atomic E-state index is -0.966. The lowest BCUT2D eigenvalue weighted by molar-refractivity contribution is -0.152. The van der Waals surface area contributed by atoms with Gasteiger partial charge in [0, 0.05) is 12.6 Å². The Labute approximate surface area is 135 Å². The average Bonchev–Trinajstić information content (AvgIpc) is 2.51. The first kappa shape index (κ1) is 18.5. The SMILES string of the molecule is C=C1CC(=O)N(C2CCC(=O)NC2=O)C(=O)C1=N/C=C\C.CC. The number of likely N-dealkylation sites (tertiary alicyclic amines) is 1. The van der Waals surface area contributed by atoms with E-state index in [4.69, 9.17) is 0 Å². The molecular formula is C16H21N3O4. The molecular weight excluding hydrogens is 298 g/mol. The van der Waals surface area contributed by atoms with E-state index in [1.807, 2.05) is 13.8 Å². The summed E-state index contributed by atoms with van der Waals surface area (Å²) in [5, 5.41) is 2.14. The number of piperidine rings is 2. The van der Waals surface area contributed by atoms with Crippen molar-refractivity contribution in [3.05, 3.63) is 24.4 Å². The van der Waals surface area contributed by atoms with Gasteiger partial charge in [0.1, 0.15) is 11.8 Å². The molecule has 1 N–H and O–H groups in total. The predicted octanol–water partition coefficient (Wildman–Crippen LogP) is 1.11. The van der Waals surface area contributed by atoms with Crippen LogP contribution in [0.2, 0.25) is 0 Å².